The molecule has 0 rings (SSSR count). The molecule has 0 aliphatic heterocycles. The van der Waals surface area contributed by atoms with Crippen molar-refractivity contribution < 1.29 is 57.3 Å². The first-order valence-corrected chi connectivity index (χ1v) is 14.1. The molecule has 0 saturated carbocycles. The van der Waals surface area contributed by atoms with Crippen molar-refractivity contribution in [2.24, 2.45) is 0 Å². The molecule has 0 fully saturated rings. The van der Waals surface area contributed by atoms with E-state index in [-0.39, 0.29) is 42.4 Å². The van der Waals surface area contributed by atoms with Gasteiger partial charge in [0.15, 0.2) is 0 Å². The van der Waals surface area contributed by atoms with E-state index in [1.54, 1.807) is 0 Å². The quantitative estimate of drug-likeness (QED) is 0.0967. The van der Waals surface area contributed by atoms with E-state index in [0.29, 0.717) is 0 Å². The van der Waals surface area contributed by atoms with Crippen molar-refractivity contribution in [3.8, 4) is 0 Å². The van der Waals surface area contributed by atoms with Crippen LogP contribution in [0.15, 0.2) is 36.5 Å². The normalized spacial score (nSPS) is 14.3. The minimum absolute atomic E-state index is 0.0191. The van der Waals surface area contributed by atoms with Crippen LogP contribution < -0.4 is 0 Å². The second-order valence-corrected chi connectivity index (χ2v) is 11.7. The number of ether oxygens (including phenoxy) is 3. The van der Waals surface area contributed by atoms with Crippen molar-refractivity contribution >= 4 is 33.1 Å². The van der Waals surface area contributed by atoms with Crippen LogP contribution in [-0.2, 0) is 37.7 Å². The van der Waals surface area contributed by atoms with Crippen molar-refractivity contribution in [3.63, 3.8) is 0 Å². The standard InChI is InChI=1S/C21H34O12P2/c1-13(2)19(22)31-16(7-9-17(11-34(25,26)27)32-20(23)14(3)4)8-10-18(12-35(28,29)30)33-21(24)15(5)6/h16-18H,1,3,5,7-12H2,2,4,6H3,(H2,25,26,27)(H2,28,29,30). The average Bonchev–Trinajstić information content (AvgIpc) is 2.66. The number of hydrogen-bond donors (Lipinski definition) is 4. The molecular weight excluding hydrogens is 506 g/mol. The van der Waals surface area contributed by atoms with Crippen LogP contribution in [0.4, 0.5) is 0 Å². The van der Waals surface area contributed by atoms with Gasteiger partial charge in [-0.15, -0.1) is 0 Å². The molecule has 12 nitrogen and oxygen atoms in total. The van der Waals surface area contributed by atoms with Crippen molar-refractivity contribution in [2.75, 3.05) is 12.3 Å². The van der Waals surface area contributed by atoms with Gasteiger partial charge in [0, 0.05) is 16.7 Å². The Morgan fingerprint density at radius 3 is 1.06 bits per heavy atom. The van der Waals surface area contributed by atoms with Crippen LogP contribution >= 0.6 is 15.2 Å². The maximum atomic E-state index is 12.1. The van der Waals surface area contributed by atoms with Crippen LogP contribution in [0.25, 0.3) is 0 Å². The molecule has 2 unspecified atom stereocenters. The van der Waals surface area contributed by atoms with Gasteiger partial charge < -0.3 is 33.8 Å². The Morgan fingerprint density at radius 2 is 0.829 bits per heavy atom. The first kappa shape index (κ1) is 32.9. The number of hydrogen-bond acceptors (Lipinski definition) is 8. The highest BCUT2D eigenvalue weighted by atomic mass is 31.2. The van der Waals surface area contributed by atoms with Crippen LogP contribution in [0.3, 0.4) is 0 Å². The summed E-state index contributed by atoms with van der Waals surface area (Å²) in [5, 5.41) is 0. The van der Waals surface area contributed by atoms with E-state index in [1.165, 1.54) is 20.8 Å². The molecule has 0 bridgehead atoms. The Hall–Kier alpha value is -2.07. The summed E-state index contributed by atoms with van der Waals surface area (Å²) in [5.41, 5.74) is 0.104. The van der Waals surface area contributed by atoms with Crippen LogP contribution in [0.5, 0.6) is 0 Å². The molecule has 0 heterocycles. The van der Waals surface area contributed by atoms with E-state index in [1.807, 2.05) is 0 Å². The van der Waals surface area contributed by atoms with Gasteiger partial charge in [0.05, 0.1) is 12.3 Å². The number of carbonyl (C=O) groups excluding carboxylic acids is 3. The largest absolute Gasteiger partial charge is 0.459 e. The average molecular weight is 540 g/mol. The molecule has 0 aromatic heterocycles. The van der Waals surface area contributed by atoms with Gasteiger partial charge >= 0.3 is 33.1 Å². The lowest BCUT2D eigenvalue weighted by Crippen LogP contribution is -2.28. The Kier molecular flexibility index (Phi) is 13.6. The lowest BCUT2D eigenvalue weighted by Gasteiger charge is -2.24. The summed E-state index contributed by atoms with van der Waals surface area (Å²) in [6.07, 6.45) is -5.25. The van der Waals surface area contributed by atoms with Gasteiger partial charge in [-0.2, -0.15) is 0 Å². The maximum absolute atomic E-state index is 12.1. The van der Waals surface area contributed by atoms with Crippen molar-refractivity contribution in [1.29, 1.82) is 0 Å². The summed E-state index contributed by atoms with van der Waals surface area (Å²) >= 11 is 0. The van der Waals surface area contributed by atoms with Gasteiger partial charge in [-0.3, -0.25) is 9.13 Å². The first-order valence-electron chi connectivity index (χ1n) is 10.5. The predicted molar refractivity (Wildman–Crippen MR) is 126 cm³/mol. The molecule has 35 heavy (non-hydrogen) atoms. The molecular formula is C21H34O12P2. The van der Waals surface area contributed by atoms with Crippen LogP contribution in [0.1, 0.15) is 46.5 Å². The second-order valence-electron chi connectivity index (χ2n) is 8.27. The molecule has 0 spiro atoms. The van der Waals surface area contributed by atoms with Gasteiger partial charge in [0.25, 0.3) is 0 Å². The summed E-state index contributed by atoms with van der Waals surface area (Å²) < 4.78 is 38.4. The third-order valence-corrected chi connectivity index (χ3v) is 6.14. The smallest absolute Gasteiger partial charge is 0.333 e. The zero-order valence-electron chi connectivity index (χ0n) is 20.0. The molecule has 4 N–H and O–H groups in total. The topological polar surface area (TPSA) is 194 Å². The summed E-state index contributed by atoms with van der Waals surface area (Å²) in [7, 11) is -9.15. The lowest BCUT2D eigenvalue weighted by molar-refractivity contribution is -0.149. The van der Waals surface area contributed by atoms with Crippen LogP contribution in [-0.4, -0.2) is 68.1 Å². The Bertz CT molecular complexity index is 853. The van der Waals surface area contributed by atoms with Gasteiger partial charge in [-0.1, -0.05) is 19.7 Å². The fourth-order valence-corrected chi connectivity index (χ4v) is 4.24. The molecule has 0 aromatic rings. The molecule has 0 saturated heterocycles. The fraction of sp³-hybridized carbons (Fsp3) is 0.571. The Labute approximate surface area is 204 Å². The fourth-order valence-electron chi connectivity index (χ4n) is 2.67. The monoisotopic (exact) mass is 540 g/mol. The van der Waals surface area contributed by atoms with E-state index >= 15 is 0 Å². The van der Waals surface area contributed by atoms with E-state index in [0.717, 1.165) is 0 Å². The number of esters is 3. The summed E-state index contributed by atoms with van der Waals surface area (Å²) in [4.78, 5) is 73.0. The Balaban J connectivity index is 5.58. The van der Waals surface area contributed by atoms with Gasteiger partial charge in [-0.25, -0.2) is 14.4 Å². The third kappa shape index (κ3) is 16.3. The zero-order chi connectivity index (χ0) is 27.6. The third-order valence-electron chi connectivity index (χ3n) is 4.37. The molecule has 0 amide bonds. The van der Waals surface area contributed by atoms with Gasteiger partial charge in [0.1, 0.15) is 18.3 Å². The highest BCUT2D eigenvalue weighted by molar-refractivity contribution is 7.52. The molecule has 200 valence electrons. The van der Waals surface area contributed by atoms with Gasteiger partial charge in [0.2, 0.25) is 0 Å². The molecule has 0 aliphatic rings. The highest BCUT2D eigenvalue weighted by Crippen LogP contribution is 2.38. The lowest BCUT2D eigenvalue weighted by atomic mass is 10.0. The Morgan fingerprint density at radius 1 is 0.600 bits per heavy atom. The van der Waals surface area contributed by atoms with Gasteiger partial charge in [-0.05, 0) is 46.5 Å². The molecule has 0 aromatic carbocycles. The number of carbonyl (C=O) groups is 3. The molecule has 0 radical (unpaired) electrons. The van der Waals surface area contributed by atoms with Crippen LogP contribution in [0, 0.1) is 0 Å². The second kappa shape index (κ2) is 14.5. The predicted octanol–water partition coefficient (Wildman–Crippen LogP) is 2.37. The van der Waals surface area contributed by atoms with E-state index in [2.05, 4.69) is 19.7 Å². The summed E-state index contributed by atoms with van der Waals surface area (Å²) in [5.74, 6) is -2.48. The van der Waals surface area contributed by atoms with Crippen molar-refractivity contribution in [1.82, 2.24) is 0 Å². The SMILES string of the molecule is C=C(C)C(=O)OC(CCC(CP(=O)(O)O)OC(=O)C(=C)C)CCC(CP(=O)(O)O)OC(=O)C(=C)C. The summed E-state index contributed by atoms with van der Waals surface area (Å²) in [6, 6.07) is 0. The van der Waals surface area contributed by atoms with Crippen molar-refractivity contribution in [3.05, 3.63) is 36.5 Å². The van der Waals surface area contributed by atoms with E-state index in [9.17, 15) is 43.1 Å². The molecule has 0 aliphatic carbocycles. The van der Waals surface area contributed by atoms with E-state index < -0.39 is 63.7 Å². The summed E-state index contributed by atoms with van der Waals surface area (Å²) in [6.45, 7) is 14.4. The number of rotatable bonds is 16. The maximum Gasteiger partial charge on any atom is 0.333 e. The first-order chi connectivity index (χ1) is 15.8. The highest BCUT2D eigenvalue weighted by Gasteiger charge is 2.29. The zero-order valence-corrected chi connectivity index (χ0v) is 21.8. The molecule has 2 atom stereocenters. The minimum atomic E-state index is -4.57. The molecule has 14 heteroatoms. The van der Waals surface area contributed by atoms with E-state index in [4.69, 9.17) is 14.2 Å². The minimum Gasteiger partial charge on any atom is -0.459 e. The van der Waals surface area contributed by atoms with Crippen molar-refractivity contribution in [2.45, 2.75) is 64.8 Å². The van der Waals surface area contributed by atoms with Crippen LogP contribution in [0.2, 0.25) is 0 Å².